The molecule has 1 aliphatic heterocycles. The van der Waals surface area contributed by atoms with Crippen LogP contribution >= 0.6 is 59.1 Å². The molecule has 1 amide bonds. The molecular weight excluding hydrogens is 409 g/mol. The third-order valence-electron chi connectivity index (χ3n) is 3.92. The number of nitrogens with two attached hydrogens (primary N) is 1. The molecule has 1 fully saturated rings. The van der Waals surface area contributed by atoms with E-state index in [-0.39, 0.29) is 42.8 Å². The normalized spacial score (nSPS) is 18.5. The quantitative estimate of drug-likeness (QED) is 0.770. The summed E-state index contributed by atoms with van der Waals surface area (Å²) in [4.78, 5) is 20.2. The molecule has 9 heteroatoms. The van der Waals surface area contributed by atoms with Crippen molar-refractivity contribution in [2.45, 2.75) is 38.3 Å². The van der Waals surface area contributed by atoms with Gasteiger partial charge in [0.1, 0.15) is 10.7 Å². The van der Waals surface area contributed by atoms with Crippen LogP contribution in [0.4, 0.5) is 0 Å². The number of hydrogen-bond acceptors (Lipinski definition) is 5. The summed E-state index contributed by atoms with van der Waals surface area (Å²) in [5.41, 5.74) is 6.56. The molecule has 0 saturated carbocycles. The first-order valence-corrected chi connectivity index (χ1v) is 9.41. The molecule has 3 rings (SSSR count). The van der Waals surface area contributed by atoms with Crippen molar-refractivity contribution in [3.8, 4) is 9.88 Å². The molecule has 1 saturated heterocycles. The van der Waals surface area contributed by atoms with Crippen molar-refractivity contribution in [3.63, 3.8) is 0 Å². The van der Waals surface area contributed by atoms with Crippen molar-refractivity contribution < 1.29 is 4.79 Å². The Morgan fingerprint density at radius 3 is 2.79 bits per heavy atom. The van der Waals surface area contributed by atoms with E-state index in [4.69, 9.17) is 17.3 Å². The Morgan fingerprint density at radius 1 is 1.42 bits per heavy atom. The van der Waals surface area contributed by atoms with Gasteiger partial charge in [0.2, 0.25) is 0 Å². The van der Waals surface area contributed by atoms with Crippen LogP contribution in [0.15, 0.2) is 17.5 Å². The number of thiophene rings is 1. The average molecular weight is 429 g/mol. The van der Waals surface area contributed by atoms with Gasteiger partial charge in [0.05, 0.1) is 9.21 Å². The van der Waals surface area contributed by atoms with Gasteiger partial charge in [0.25, 0.3) is 5.91 Å². The zero-order valence-corrected chi connectivity index (χ0v) is 17.1. The molecular formula is C15H20Cl3N3OS2. The molecule has 2 unspecified atom stereocenters. The van der Waals surface area contributed by atoms with E-state index in [1.165, 1.54) is 22.7 Å². The number of halogens is 3. The van der Waals surface area contributed by atoms with Crippen molar-refractivity contribution >= 4 is 65.0 Å². The van der Waals surface area contributed by atoms with Gasteiger partial charge in [-0.15, -0.1) is 47.5 Å². The molecule has 0 radical (unpaired) electrons. The number of likely N-dealkylation sites (tertiary alicyclic amines) is 1. The predicted molar refractivity (Wildman–Crippen MR) is 107 cm³/mol. The number of aromatic nitrogens is 1. The molecule has 0 aliphatic carbocycles. The predicted octanol–water partition coefficient (Wildman–Crippen LogP) is 4.71. The van der Waals surface area contributed by atoms with Gasteiger partial charge in [-0.2, -0.15) is 0 Å². The van der Waals surface area contributed by atoms with Gasteiger partial charge in [0.15, 0.2) is 0 Å². The summed E-state index contributed by atoms with van der Waals surface area (Å²) in [6.07, 6.45) is 3.14. The fourth-order valence-electron chi connectivity index (χ4n) is 2.82. The SMILES string of the molecule is CC(N)C1CCCCN1C(=O)c1csc(-c2ccc(Cl)s2)n1.Cl.Cl. The highest BCUT2D eigenvalue weighted by molar-refractivity contribution is 7.23. The lowest BCUT2D eigenvalue weighted by Gasteiger charge is -2.37. The topological polar surface area (TPSA) is 59.2 Å². The van der Waals surface area contributed by atoms with Crippen molar-refractivity contribution in [2.24, 2.45) is 5.73 Å². The molecule has 2 aromatic heterocycles. The van der Waals surface area contributed by atoms with Crippen LogP contribution in [-0.4, -0.2) is 34.4 Å². The first kappa shape index (κ1) is 21.7. The molecule has 0 bridgehead atoms. The van der Waals surface area contributed by atoms with E-state index in [1.807, 2.05) is 29.3 Å². The monoisotopic (exact) mass is 427 g/mol. The third-order valence-corrected chi connectivity index (χ3v) is 6.17. The minimum atomic E-state index is -0.0153. The van der Waals surface area contributed by atoms with Gasteiger partial charge < -0.3 is 10.6 Å². The summed E-state index contributed by atoms with van der Waals surface area (Å²) in [5.74, 6) is -0.00727. The number of nitrogens with zero attached hydrogens (tertiary/aromatic N) is 2. The van der Waals surface area contributed by atoms with Gasteiger partial charge in [-0.3, -0.25) is 4.79 Å². The van der Waals surface area contributed by atoms with E-state index in [9.17, 15) is 4.79 Å². The Morgan fingerprint density at radius 2 is 2.17 bits per heavy atom. The van der Waals surface area contributed by atoms with Crippen LogP contribution in [0.2, 0.25) is 4.34 Å². The Labute approximate surface area is 167 Å². The molecule has 2 atom stereocenters. The molecule has 134 valence electrons. The van der Waals surface area contributed by atoms with Crippen molar-refractivity contribution in [2.75, 3.05) is 6.54 Å². The maximum atomic E-state index is 12.8. The first-order valence-electron chi connectivity index (χ1n) is 7.34. The van der Waals surface area contributed by atoms with E-state index in [0.717, 1.165) is 40.0 Å². The zero-order chi connectivity index (χ0) is 15.7. The summed E-state index contributed by atoms with van der Waals surface area (Å²) < 4.78 is 0.728. The lowest BCUT2D eigenvalue weighted by atomic mass is 9.96. The van der Waals surface area contributed by atoms with Crippen LogP contribution in [0.25, 0.3) is 9.88 Å². The van der Waals surface area contributed by atoms with Crippen LogP contribution in [0.3, 0.4) is 0 Å². The highest BCUT2D eigenvalue weighted by Gasteiger charge is 2.31. The number of thiazole rings is 1. The fourth-order valence-corrected chi connectivity index (χ4v) is 4.73. The first-order chi connectivity index (χ1) is 10.6. The minimum Gasteiger partial charge on any atom is -0.333 e. The van der Waals surface area contributed by atoms with Crippen molar-refractivity contribution in [3.05, 3.63) is 27.5 Å². The average Bonchev–Trinajstić information content (AvgIpc) is 3.15. The second kappa shape index (κ2) is 9.36. The molecule has 2 aromatic rings. The van der Waals surface area contributed by atoms with Crippen LogP contribution < -0.4 is 5.73 Å². The van der Waals surface area contributed by atoms with Gasteiger partial charge >= 0.3 is 0 Å². The lowest BCUT2D eigenvalue weighted by molar-refractivity contribution is 0.0578. The molecule has 0 spiro atoms. The maximum absolute atomic E-state index is 12.8. The number of hydrogen-bond donors (Lipinski definition) is 1. The second-order valence-electron chi connectivity index (χ2n) is 5.56. The van der Waals surface area contributed by atoms with E-state index in [0.29, 0.717) is 5.69 Å². The van der Waals surface area contributed by atoms with E-state index < -0.39 is 0 Å². The fraction of sp³-hybridized carbons (Fsp3) is 0.467. The number of amides is 1. The Kier molecular flexibility index (Phi) is 8.45. The van der Waals surface area contributed by atoms with Gasteiger partial charge in [-0.05, 0) is 38.3 Å². The summed E-state index contributed by atoms with van der Waals surface area (Å²) in [5, 5.41) is 2.67. The third kappa shape index (κ3) is 4.62. The van der Waals surface area contributed by atoms with E-state index in [1.54, 1.807) is 0 Å². The largest absolute Gasteiger partial charge is 0.333 e. The second-order valence-corrected chi connectivity index (χ2v) is 8.14. The number of rotatable bonds is 3. The molecule has 1 aliphatic rings. The van der Waals surface area contributed by atoms with Crippen LogP contribution in [-0.2, 0) is 0 Å². The molecule has 3 heterocycles. The van der Waals surface area contributed by atoms with Crippen molar-refractivity contribution in [1.29, 1.82) is 0 Å². The number of carbonyl (C=O) groups excluding carboxylic acids is 1. The molecule has 2 N–H and O–H groups in total. The van der Waals surface area contributed by atoms with E-state index in [2.05, 4.69) is 4.98 Å². The van der Waals surface area contributed by atoms with Crippen LogP contribution in [0.5, 0.6) is 0 Å². The van der Waals surface area contributed by atoms with Gasteiger partial charge in [-0.25, -0.2) is 4.98 Å². The summed E-state index contributed by atoms with van der Waals surface area (Å²) >= 11 is 8.92. The van der Waals surface area contributed by atoms with E-state index >= 15 is 0 Å². The van der Waals surface area contributed by atoms with Crippen molar-refractivity contribution in [1.82, 2.24) is 9.88 Å². The lowest BCUT2D eigenvalue weighted by Crippen LogP contribution is -2.51. The van der Waals surface area contributed by atoms with Gasteiger partial charge in [-0.1, -0.05) is 11.6 Å². The smallest absolute Gasteiger partial charge is 0.273 e. The van der Waals surface area contributed by atoms with Crippen LogP contribution in [0.1, 0.15) is 36.7 Å². The summed E-state index contributed by atoms with van der Waals surface area (Å²) in [7, 11) is 0. The maximum Gasteiger partial charge on any atom is 0.273 e. The molecule has 0 aromatic carbocycles. The Balaban J connectivity index is 0.00000144. The van der Waals surface area contributed by atoms with Gasteiger partial charge in [0, 0.05) is 24.0 Å². The highest BCUT2D eigenvalue weighted by atomic mass is 35.5. The van der Waals surface area contributed by atoms with Crippen LogP contribution in [0, 0.1) is 0 Å². The zero-order valence-electron chi connectivity index (χ0n) is 13.1. The Bertz CT molecular complexity index is 674. The summed E-state index contributed by atoms with van der Waals surface area (Å²) in [6.45, 7) is 2.74. The summed E-state index contributed by atoms with van der Waals surface area (Å²) in [6, 6.07) is 3.88. The number of piperidine rings is 1. The molecule has 4 nitrogen and oxygen atoms in total. The number of carbonyl (C=O) groups is 1. The standard InChI is InChI=1S/C15H18ClN3OS2.2ClH/c1-9(17)11-4-2-3-7-19(11)15(20)10-8-21-14(18-10)12-5-6-13(16)22-12;;/h5-6,8-9,11H,2-4,7,17H2,1H3;2*1H. The molecule has 24 heavy (non-hydrogen) atoms. The minimum absolute atomic E-state index is 0. The Hall–Kier alpha value is -0.370. The highest BCUT2D eigenvalue weighted by Crippen LogP contribution is 2.33.